The molecule has 0 fully saturated rings. The monoisotopic (exact) mass is 262 g/mol. The van der Waals surface area contributed by atoms with Crippen LogP contribution < -0.4 is 0 Å². The predicted octanol–water partition coefficient (Wildman–Crippen LogP) is 2.86. The first-order valence-electron chi connectivity index (χ1n) is 4.72. The van der Waals surface area contributed by atoms with Crippen LogP contribution in [0.1, 0.15) is 11.3 Å². The minimum atomic E-state index is 0.206. The van der Waals surface area contributed by atoms with Gasteiger partial charge in [-0.3, -0.25) is 4.98 Å². The Balaban J connectivity index is 2.34. The highest BCUT2D eigenvalue weighted by Gasteiger charge is 2.09. The van der Waals surface area contributed by atoms with E-state index in [2.05, 4.69) is 15.0 Å². The fourth-order valence-electron chi connectivity index (χ4n) is 1.15. The fraction of sp³-hybridized carbons (Fsp3) is 0.0909. The van der Waals surface area contributed by atoms with Gasteiger partial charge in [-0.25, -0.2) is 9.97 Å². The highest BCUT2D eigenvalue weighted by molar-refractivity contribution is 7.99. The SMILES string of the molecule is Cc1cnc(Sc2ccnc(Cl)c2C#N)cn1. The van der Waals surface area contributed by atoms with Crippen LogP contribution in [0.3, 0.4) is 0 Å². The second-order valence-electron chi connectivity index (χ2n) is 3.18. The maximum absolute atomic E-state index is 9.00. The van der Waals surface area contributed by atoms with Gasteiger partial charge in [0.05, 0.1) is 11.9 Å². The van der Waals surface area contributed by atoms with Crippen molar-refractivity contribution in [3.8, 4) is 6.07 Å². The van der Waals surface area contributed by atoms with Crippen LogP contribution in [0, 0.1) is 18.3 Å². The maximum atomic E-state index is 9.00. The molecule has 0 aliphatic heterocycles. The molecule has 2 aromatic rings. The molecule has 0 saturated carbocycles. The quantitative estimate of drug-likeness (QED) is 0.779. The molecule has 0 saturated heterocycles. The van der Waals surface area contributed by atoms with Crippen molar-refractivity contribution in [1.29, 1.82) is 5.26 Å². The van der Waals surface area contributed by atoms with Crippen molar-refractivity contribution in [2.24, 2.45) is 0 Å². The first kappa shape index (κ1) is 11.8. The molecule has 0 bridgehead atoms. The van der Waals surface area contributed by atoms with E-state index in [4.69, 9.17) is 16.9 Å². The third kappa shape index (κ3) is 2.73. The van der Waals surface area contributed by atoms with Gasteiger partial charge < -0.3 is 0 Å². The van der Waals surface area contributed by atoms with Gasteiger partial charge in [-0.15, -0.1) is 0 Å². The average molecular weight is 263 g/mol. The molecule has 0 aliphatic rings. The highest BCUT2D eigenvalue weighted by Crippen LogP contribution is 2.30. The molecule has 0 N–H and O–H groups in total. The zero-order valence-corrected chi connectivity index (χ0v) is 10.5. The van der Waals surface area contributed by atoms with Crippen molar-refractivity contribution in [2.45, 2.75) is 16.8 Å². The van der Waals surface area contributed by atoms with Crippen molar-refractivity contribution in [1.82, 2.24) is 15.0 Å². The molecule has 0 aliphatic carbocycles. The van der Waals surface area contributed by atoms with Gasteiger partial charge in [0.2, 0.25) is 0 Å². The summed E-state index contributed by atoms with van der Waals surface area (Å²) in [6.45, 7) is 1.87. The number of hydrogen-bond donors (Lipinski definition) is 0. The summed E-state index contributed by atoms with van der Waals surface area (Å²) in [5.74, 6) is 0. The number of nitriles is 1. The van der Waals surface area contributed by atoms with E-state index in [9.17, 15) is 0 Å². The summed E-state index contributed by atoms with van der Waals surface area (Å²) in [4.78, 5) is 12.9. The summed E-state index contributed by atoms with van der Waals surface area (Å²) in [6.07, 6.45) is 4.90. The van der Waals surface area contributed by atoms with Crippen molar-refractivity contribution in [3.05, 3.63) is 41.1 Å². The third-order valence-electron chi connectivity index (χ3n) is 1.95. The Morgan fingerprint density at radius 2 is 2.12 bits per heavy atom. The second kappa shape index (κ2) is 5.13. The molecule has 0 aromatic carbocycles. The molecule has 2 heterocycles. The molecule has 0 spiro atoms. The van der Waals surface area contributed by atoms with E-state index < -0.39 is 0 Å². The molecule has 0 radical (unpaired) electrons. The Bertz CT molecular complexity index is 577. The normalized spacial score (nSPS) is 9.94. The van der Waals surface area contributed by atoms with Crippen molar-refractivity contribution >= 4 is 23.4 Å². The highest BCUT2D eigenvalue weighted by atomic mass is 35.5. The number of aryl methyl sites for hydroxylation is 1. The minimum Gasteiger partial charge on any atom is -0.257 e. The Hall–Kier alpha value is -1.64. The summed E-state index contributed by atoms with van der Waals surface area (Å²) in [5, 5.41) is 9.92. The summed E-state index contributed by atoms with van der Waals surface area (Å²) < 4.78 is 0. The van der Waals surface area contributed by atoms with Crippen LogP contribution in [0.2, 0.25) is 5.15 Å². The Morgan fingerprint density at radius 3 is 2.76 bits per heavy atom. The van der Waals surface area contributed by atoms with Crippen LogP contribution in [-0.4, -0.2) is 15.0 Å². The first-order valence-corrected chi connectivity index (χ1v) is 5.91. The molecule has 4 nitrogen and oxygen atoms in total. The lowest BCUT2D eigenvalue weighted by Gasteiger charge is -2.03. The number of halogens is 1. The number of hydrogen-bond acceptors (Lipinski definition) is 5. The summed E-state index contributed by atoms with van der Waals surface area (Å²) >= 11 is 7.18. The fourth-order valence-corrected chi connectivity index (χ4v) is 2.22. The summed E-state index contributed by atoms with van der Waals surface area (Å²) in [6, 6.07) is 3.76. The van der Waals surface area contributed by atoms with Gasteiger partial charge >= 0.3 is 0 Å². The van der Waals surface area contributed by atoms with Crippen LogP contribution in [0.15, 0.2) is 34.6 Å². The van der Waals surface area contributed by atoms with Gasteiger partial charge in [0.15, 0.2) is 0 Å². The van der Waals surface area contributed by atoms with Crippen LogP contribution in [0.4, 0.5) is 0 Å². The zero-order chi connectivity index (χ0) is 12.3. The standard InChI is InChI=1S/C11H7ClN4S/c1-7-5-16-10(6-15-7)17-9-2-3-14-11(12)8(9)4-13/h2-3,5-6H,1H3. The van der Waals surface area contributed by atoms with Crippen LogP contribution in [-0.2, 0) is 0 Å². The van der Waals surface area contributed by atoms with E-state index in [1.165, 1.54) is 11.8 Å². The zero-order valence-electron chi connectivity index (χ0n) is 8.88. The van der Waals surface area contributed by atoms with Gasteiger partial charge in [-0.1, -0.05) is 23.4 Å². The van der Waals surface area contributed by atoms with Gasteiger partial charge in [0.1, 0.15) is 21.8 Å². The van der Waals surface area contributed by atoms with E-state index in [1.807, 2.05) is 13.0 Å². The van der Waals surface area contributed by atoms with E-state index in [0.717, 1.165) is 15.6 Å². The molecule has 2 aromatic heterocycles. The second-order valence-corrected chi connectivity index (χ2v) is 4.61. The molecule has 6 heteroatoms. The number of rotatable bonds is 2. The Morgan fingerprint density at radius 1 is 1.29 bits per heavy atom. The number of pyridine rings is 1. The molecule has 0 unspecified atom stereocenters. The lowest BCUT2D eigenvalue weighted by Crippen LogP contribution is -1.89. The molecule has 2 rings (SSSR count). The Labute approximate surface area is 108 Å². The number of aromatic nitrogens is 3. The molecular weight excluding hydrogens is 256 g/mol. The van der Waals surface area contributed by atoms with Gasteiger partial charge in [-0.2, -0.15) is 5.26 Å². The topological polar surface area (TPSA) is 62.5 Å². The molecule has 0 amide bonds. The predicted molar refractivity (Wildman–Crippen MR) is 64.9 cm³/mol. The Kier molecular flexibility index (Phi) is 3.57. The van der Waals surface area contributed by atoms with Crippen molar-refractivity contribution < 1.29 is 0 Å². The van der Waals surface area contributed by atoms with Crippen LogP contribution >= 0.6 is 23.4 Å². The van der Waals surface area contributed by atoms with Gasteiger partial charge in [0, 0.05) is 17.3 Å². The molecule has 84 valence electrons. The lowest BCUT2D eigenvalue weighted by molar-refractivity contribution is 1.01. The van der Waals surface area contributed by atoms with E-state index in [1.54, 1.807) is 24.7 Å². The number of nitrogens with zero attached hydrogens (tertiary/aromatic N) is 4. The third-order valence-corrected chi connectivity index (χ3v) is 3.22. The molecule has 0 atom stereocenters. The van der Waals surface area contributed by atoms with Crippen molar-refractivity contribution in [3.63, 3.8) is 0 Å². The largest absolute Gasteiger partial charge is 0.257 e. The molecular formula is C11H7ClN4S. The minimum absolute atomic E-state index is 0.206. The van der Waals surface area contributed by atoms with E-state index in [0.29, 0.717) is 5.56 Å². The van der Waals surface area contributed by atoms with E-state index >= 15 is 0 Å². The molecule has 17 heavy (non-hydrogen) atoms. The van der Waals surface area contributed by atoms with Gasteiger partial charge in [-0.05, 0) is 13.0 Å². The lowest BCUT2D eigenvalue weighted by atomic mass is 10.3. The van der Waals surface area contributed by atoms with Crippen LogP contribution in [0.5, 0.6) is 0 Å². The van der Waals surface area contributed by atoms with Crippen LogP contribution in [0.25, 0.3) is 0 Å². The summed E-state index contributed by atoms with van der Waals surface area (Å²) in [7, 11) is 0. The smallest absolute Gasteiger partial charge is 0.147 e. The average Bonchev–Trinajstić information content (AvgIpc) is 2.32. The van der Waals surface area contributed by atoms with Gasteiger partial charge in [0.25, 0.3) is 0 Å². The van der Waals surface area contributed by atoms with Crippen molar-refractivity contribution in [2.75, 3.05) is 0 Å². The maximum Gasteiger partial charge on any atom is 0.147 e. The van der Waals surface area contributed by atoms with E-state index in [-0.39, 0.29) is 5.15 Å². The first-order chi connectivity index (χ1) is 8.20. The summed E-state index contributed by atoms with van der Waals surface area (Å²) in [5.41, 5.74) is 1.21.